The first-order valence-corrected chi connectivity index (χ1v) is 11.1. The highest BCUT2D eigenvalue weighted by Crippen LogP contribution is 2.24. The van der Waals surface area contributed by atoms with Crippen molar-refractivity contribution in [2.24, 2.45) is 0 Å². The Kier molecular flexibility index (Phi) is 7.47. The molecule has 0 bridgehead atoms. The van der Waals surface area contributed by atoms with Crippen LogP contribution in [0.25, 0.3) is 10.8 Å². The maximum atomic E-state index is 13.0. The summed E-state index contributed by atoms with van der Waals surface area (Å²) in [7, 11) is 0. The van der Waals surface area contributed by atoms with Crippen LogP contribution in [-0.4, -0.2) is 23.5 Å². The van der Waals surface area contributed by atoms with Crippen LogP contribution in [0, 0.1) is 0 Å². The largest absolute Gasteiger partial charge is 0.484 e. The molecule has 0 aliphatic heterocycles. The average molecular weight is 470 g/mol. The van der Waals surface area contributed by atoms with Gasteiger partial charge in [-0.3, -0.25) is 25.8 Å². The first-order valence-electron chi connectivity index (χ1n) is 10.7. The molecule has 2 amide bonds. The van der Waals surface area contributed by atoms with Crippen molar-refractivity contribution in [1.82, 2.24) is 16.2 Å². The maximum absolute atomic E-state index is 13.0. The normalized spacial score (nSPS) is 10.5. The number of carbonyl (C=O) groups is 2. The molecule has 0 saturated carbocycles. The summed E-state index contributed by atoms with van der Waals surface area (Å²) in [5, 5.41) is 4.58. The van der Waals surface area contributed by atoms with Crippen molar-refractivity contribution in [2.45, 2.75) is 5.92 Å². The highest BCUT2D eigenvalue weighted by Gasteiger charge is 2.22. The van der Waals surface area contributed by atoms with Gasteiger partial charge >= 0.3 is 0 Å². The molecular weight excluding hydrogens is 446 g/mol. The Hall–Kier alpha value is -4.23. The second-order valence-electron chi connectivity index (χ2n) is 7.54. The molecule has 4 aromatic rings. The Bertz CT molecular complexity index is 1260. The highest BCUT2D eigenvalue weighted by atomic mass is 32.1. The molecule has 0 fully saturated rings. The van der Waals surface area contributed by atoms with Crippen molar-refractivity contribution >= 4 is 39.9 Å². The van der Waals surface area contributed by atoms with Crippen molar-refractivity contribution in [2.75, 3.05) is 6.61 Å². The number of nitrogens with one attached hydrogen (secondary N) is 3. The van der Waals surface area contributed by atoms with E-state index in [9.17, 15) is 9.59 Å². The molecule has 0 heterocycles. The van der Waals surface area contributed by atoms with E-state index in [1.807, 2.05) is 97.1 Å². The van der Waals surface area contributed by atoms with Crippen LogP contribution < -0.4 is 20.9 Å². The minimum Gasteiger partial charge on any atom is -0.484 e. The lowest BCUT2D eigenvalue weighted by Gasteiger charge is -2.19. The molecule has 6 nitrogen and oxygen atoms in total. The molecule has 170 valence electrons. The lowest BCUT2D eigenvalue weighted by Crippen LogP contribution is -2.50. The molecule has 0 aromatic heterocycles. The molecule has 0 saturated heterocycles. The van der Waals surface area contributed by atoms with Gasteiger partial charge in [0.1, 0.15) is 5.75 Å². The third-order valence-electron chi connectivity index (χ3n) is 5.17. The van der Waals surface area contributed by atoms with Gasteiger partial charge in [0, 0.05) is 0 Å². The summed E-state index contributed by atoms with van der Waals surface area (Å²) in [6, 6.07) is 32.4. The summed E-state index contributed by atoms with van der Waals surface area (Å²) in [4.78, 5) is 25.2. The summed E-state index contributed by atoms with van der Waals surface area (Å²) in [5.41, 5.74) is 6.87. The Morgan fingerprint density at radius 2 is 1.32 bits per heavy atom. The highest BCUT2D eigenvalue weighted by molar-refractivity contribution is 7.80. The molecule has 0 aliphatic carbocycles. The standard InChI is InChI=1S/C27H23N3O3S/c31-24(18-33-23-16-15-19-9-7-8-14-22(19)17-23)28-27(34)30-29-26(32)25(20-10-3-1-4-11-20)21-12-5-2-6-13-21/h1-17,25H,18H2,(H,29,32)(H2,28,30,31,34). The third kappa shape index (κ3) is 5.96. The van der Waals surface area contributed by atoms with Gasteiger partial charge in [-0.1, -0.05) is 91.0 Å². The Morgan fingerprint density at radius 1 is 0.735 bits per heavy atom. The van der Waals surface area contributed by atoms with Crippen LogP contribution >= 0.6 is 12.2 Å². The van der Waals surface area contributed by atoms with Crippen molar-refractivity contribution < 1.29 is 14.3 Å². The van der Waals surface area contributed by atoms with Crippen LogP contribution in [0.5, 0.6) is 5.75 Å². The Morgan fingerprint density at radius 3 is 1.97 bits per heavy atom. The van der Waals surface area contributed by atoms with Gasteiger partial charge in [-0.15, -0.1) is 0 Å². The molecule has 34 heavy (non-hydrogen) atoms. The lowest BCUT2D eigenvalue weighted by molar-refractivity contribution is -0.123. The molecule has 4 aromatic carbocycles. The number of rotatable bonds is 6. The number of carbonyl (C=O) groups excluding carboxylic acids is 2. The van der Waals surface area contributed by atoms with E-state index in [2.05, 4.69) is 16.2 Å². The zero-order valence-corrected chi connectivity index (χ0v) is 19.0. The first kappa shape index (κ1) is 22.9. The molecular formula is C27H23N3O3S. The fourth-order valence-corrected chi connectivity index (χ4v) is 3.74. The summed E-state index contributed by atoms with van der Waals surface area (Å²) in [6.45, 7) is -0.217. The van der Waals surface area contributed by atoms with E-state index in [4.69, 9.17) is 17.0 Å². The first-order chi connectivity index (χ1) is 16.6. The molecule has 4 rings (SSSR count). The van der Waals surface area contributed by atoms with E-state index in [0.717, 1.165) is 21.9 Å². The van der Waals surface area contributed by atoms with Gasteiger partial charge in [0.05, 0.1) is 5.92 Å². The number of thiocarbonyl (C=S) groups is 1. The van der Waals surface area contributed by atoms with Gasteiger partial charge in [0.25, 0.3) is 5.91 Å². The predicted molar refractivity (Wildman–Crippen MR) is 136 cm³/mol. The SMILES string of the molecule is O=C(COc1ccc2ccccc2c1)NC(=S)NNC(=O)C(c1ccccc1)c1ccccc1. The lowest BCUT2D eigenvalue weighted by atomic mass is 9.91. The number of hydrogen-bond donors (Lipinski definition) is 3. The number of amides is 2. The van der Waals surface area contributed by atoms with Gasteiger partial charge in [-0.05, 0) is 46.2 Å². The molecule has 0 atom stereocenters. The second kappa shape index (κ2) is 11.1. The Balaban J connectivity index is 1.30. The topological polar surface area (TPSA) is 79.5 Å². The van der Waals surface area contributed by atoms with Gasteiger partial charge in [-0.25, -0.2) is 0 Å². The smallest absolute Gasteiger partial charge is 0.264 e. The monoisotopic (exact) mass is 469 g/mol. The average Bonchev–Trinajstić information content (AvgIpc) is 2.87. The summed E-state index contributed by atoms with van der Waals surface area (Å²) >= 11 is 5.15. The van der Waals surface area contributed by atoms with Crippen LogP contribution in [-0.2, 0) is 9.59 Å². The zero-order valence-electron chi connectivity index (χ0n) is 18.2. The van der Waals surface area contributed by atoms with Crippen LogP contribution in [0.1, 0.15) is 17.0 Å². The van der Waals surface area contributed by atoms with Crippen molar-refractivity contribution in [3.8, 4) is 5.75 Å². The van der Waals surface area contributed by atoms with Crippen molar-refractivity contribution in [3.05, 3.63) is 114 Å². The molecule has 3 N–H and O–H groups in total. The fourth-order valence-electron chi connectivity index (χ4n) is 3.58. The molecule has 0 radical (unpaired) electrons. The van der Waals surface area contributed by atoms with Crippen molar-refractivity contribution in [1.29, 1.82) is 0 Å². The van der Waals surface area contributed by atoms with Crippen LogP contribution in [0.4, 0.5) is 0 Å². The number of fused-ring (bicyclic) bond motifs is 1. The number of hydrazine groups is 1. The minimum absolute atomic E-state index is 0.0275. The zero-order chi connectivity index (χ0) is 23.8. The Labute approximate surface area is 202 Å². The summed E-state index contributed by atoms with van der Waals surface area (Å²) in [5.74, 6) is -0.705. The summed E-state index contributed by atoms with van der Waals surface area (Å²) < 4.78 is 5.57. The van der Waals surface area contributed by atoms with Crippen LogP contribution in [0.15, 0.2) is 103 Å². The van der Waals surface area contributed by atoms with Crippen molar-refractivity contribution in [3.63, 3.8) is 0 Å². The number of ether oxygens (including phenoxy) is 1. The quantitative estimate of drug-likeness (QED) is 0.293. The maximum Gasteiger partial charge on any atom is 0.264 e. The fraction of sp³-hybridized carbons (Fsp3) is 0.0741. The molecule has 0 aliphatic rings. The van der Waals surface area contributed by atoms with E-state index < -0.39 is 11.8 Å². The van der Waals surface area contributed by atoms with Gasteiger partial charge in [-0.2, -0.15) is 0 Å². The van der Waals surface area contributed by atoms with E-state index in [-0.39, 0.29) is 17.6 Å². The van der Waals surface area contributed by atoms with E-state index >= 15 is 0 Å². The number of hydrogen-bond acceptors (Lipinski definition) is 4. The van der Waals surface area contributed by atoms with E-state index in [1.54, 1.807) is 6.07 Å². The molecule has 7 heteroatoms. The van der Waals surface area contributed by atoms with Gasteiger partial charge in [0.15, 0.2) is 11.7 Å². The summed E-state index contributed by atoms with van der Waals surface area (Å²) in [6.07, 6.45) is 0. The number of benzene rings is 4. The third-order valence-corrected chi connectivity index (χ3v) is 5.38. The van der Waals surface area contributed by atoms with E-state index in [0.29, 0.717) is 5.75 Å². The van der Waals surface area contributed by atoms with E-state index in [1.165, 1.54) is 0 Å². The predicted octanol–water partition coefficient (Wildman–Crippen LogP) is 4.07. The molecule has 0 spiro atoms. The molecule has 0 unspecified atom stereocenters. The second-order valence-corrected chi connectivity index (χ2v) is 7.95. The van der Waals surface area contributed by atoms with Gasteiger partial charge in [0.2, 0.25) is 5.91 Å². The van der Waals surface area contributed by atoms with Crippen LogP contribution in [0.3, 0.4) is 0 Å². The van der Waals surface area contributed by atoms with Gasteiger partial charge < -0.3 is 4.74 Å². The minimum atomic E-state index is -0.537. The van der Waals surface area contributed by atoms with Crippen LogP contribution in [0.2, 0.25) is 0 Å².